The number of amides is 2. The van der Waals surface area contributed by atoms with Crippen LogP contribution < -0.4 is 14.8 Å². The lowest BCUT2D eigenvalue weighted by atomic mass is 10.2. The molecule has 1 N–H and O–H groups in total. The van der Waals surface area contributed by atoms with Gasteiger partial charge < -0.3 is 24.4 Å². The molecule has 140 valence electrons. The summed E-state index contributed by atoms with van der Waals surface area (Å²) in [6.07, 6.45) is 4.20. The van der Waals surface area contributed by atoms with E-state index in [1.54, 1.807) is 23.1 Å². The minimum absolute atomic E-state index is 0.123. The van der Waals surface area contributed by atoms with E-state index >= 15 is 0 Å². The van der Waals surface area contributed by atoms with Crippen molar-refractivity contribution in [1.29, 1.82) is 0 Å². The van der Waals surface area contributed by atoms with Gasteiger partial charge in [-0.1, -0.05) is 12.8 Å². The van der Waals surface area contributed by atoms with Gasteiger partial charge in [0.25, 0.3) is 11.8 Å². The van der Waals surface area contributed by atoms with Gasteiger partial charge in [-0.25, -0.2) is 0 Å². The van der Waals surface area contributed by atoms with Crippen LogP contribution in [0.15, 0.2) is 18.2 Å². The number of esters is 1. The predicted octanol–water partition coefficient (Wildman–Crippen LogP) is 1.09. The summed E-state index contributed by atoms with van der Waals surface area (Å²) in [6.45, 7) is 0.936. The molecule has 26 heavy (non-hydrogen) atoms. The standard InChI is InChI=1S/C18H22N2O6/c21-16(20-7-3-1-2-4-8-20)11-24-17(22)10-19-18(23)13-5-6-14-15(9-13)26-12-25-14/h5-6,9H,1-4,7-8,10-12H2,(H,19,23). The first-order valence-electron chi connectivity index (χ1n) is 8.75. The third-order valence-corrected chi connectivity index (χ3v) is 4.34. The molecule has 3 rings (SSSR count). The van der Waals surface area contributed by atoms with Crippen LogP contribution in [-0.2, 0) is 14.3 Å². The Hall–Kier alpha value is -2.77. The fourth-order valence-corrected chi connectivity index (χ4v) is 2.90. The molecule has 0 saturated carbocycles. The lowest BCUT2D eigenvalue weighted by molar-refractivity contribution is -0.151. The van der Waals surface area contributed by atoms with Gasteiger partial charge in [-0.2, -0.15) is 0 Å². The highest BCUT2D eigenvalue weighted by Crippen LogP contribution is 2.32. The second-order valence-electron chi connectivity index (χ2n) is 6.21. The largest absolute Gasteiger partial charge is 0.454 e. The van der Waals surface area contributed by atoms with Gasteiger partial charge in [0.2, 0.25) is 6.79 Å². The monoisotopic (exact) mass is 362 g/mol. The maximum Gasteiger partial charge on any atom is 0.325 e. The van der Waals surface area contributed by atoms with Crippen molar-refractivity contribution < 1.29 is 28.6 Å². The van der Waals surface area contributed by atoms with Crippen molar-refractivity contribution in [3.63, 3.8) is 0 Å². The van der Waals surface area contributed by atoms with Crippen LogP contribution in [0.4, 0.5) is 0 Å². The molecule has 0 aromatic heterocycles. The molecule has 2 aliphatic rings. The van der Waals surface area contributed by atoms with Gasteiger partial charge in [0, 0.05) is 18.7 Å². The van der Waals surface area contributed by atoms with E-state index in [0.29, 0.717) is 30.2 Å². The Labute approximate surface area is 151 Å². The fraction of sp³-hybridized carbons (Fsp3) is 0.500. The van der Waals surface area contributed by atoms with Crippen LogP contribution in [0.25, 0.3) is 0 Å². The number of hydrogen-bond donors (Lipinski definition) is 1. The van der Waals surface area contributed by atoms with Crippen molar-refractivity contribution in [3.05, 3.63) is 23.8 Å². The van der Waals surface area contributed by atoms with Crippen LogP contribution in [0.3, 0.4) is 0 Å². The molecule has 1 aromatic rings. The number of fused-ring (bicyclic) bond motifs is 1. The van der Waals surface area contributed by atoms with Gasteiger partial charge in [-0.3, -0.25) is 14.4 Å². The number of rotatable bonds is 5. The van der Waals surface area contributed by atoms with Gasteiger partial charge in [-0.15, -0.1) is 0 Å². The van der Waals surface area contributed by atoms with Crippen LogP contribution in [0, 0.1) is 0 Å². The molecule has 2 aliphatic heterocycles. The summed E-state index contributed by atoms with van der Waals surface area (Å²) in [5.41, 5.74) is 0.350. The highest BCUT2D eigenvalue weighted by Gasteiger charge is 2.19. The number of carbonyl (C=O) groups excluding carboxylic acids is 3. The average Bonchev–Trinajstić information content (AvgIpc) is 2.95. The quantitative estimate of drug-likeness (QED) is 0.788. The number of nitrogens with one attached hydrogen (secondary N) is 1. The average molecular weight is 362 g/mol. The molecule has 1 fully saturated rings. The summed E-state index contributed by atoms with van der Waals surface area (Å²) in [4.78, 5) is 37.6. The number of ether oxygens (including phenoxy) is 3. The predicted molar refractivity (Wildman–Crippen MR) is 90.9 cm³/mol. The van der Waals surface area contributed by atoms with E-state index in [2.05, 4.69) is 5.32 Å². The van der Waals surface area contributed by atoms with E-state index in [9.17, 15) is 14.4 Å². The van der Waals surface area contributed by atoms with Crippen molar-refractivity contribution in [2.75, 3.05) is 33.0 Å². The summed E-state index contributed by atoms with van der Waals surface area (Å²) in [5, 5.41) is 2.47. The lowest BCUT2D eigenvalue weighted by Gasteiger charge is -2.19. The van der Waals surface area contributed by atoms with E-state index < -0.39 is 11.9 Å². The molecule has 0 aliphatic carbocycles. The van der Waals surface area contributed by atoms with Gasteiger partial charge in [0.1, 0.15) is 6.54 Å². The van der Waals surface area contributed by atoms with Crippen molar-refractivity contribution >= 4 is 17.8 Å². The topological polar surface area (TPSA) is 94.2 Å². The molecule has 8 heteroatoms. The van der Waals surface area contributed by atoms with Crippen LogP contribution in [-0.4, -0.2) is 55.7 Å². The number of nitrogens with zero attached hydrogens (tertiary/aromatic N) is 1. The van der Waals surface area contributed by atoms with Crippen LogP contribution >= 0.6 is 0 Å². The number of carbonyl (C=O) groups is 3. The van der Waals surface area contributed by atoms with Gasteiger partial charge >= 0.3 is 5.97 Å². The molecule has 0 bridgehead atoms. The summed E-state index contributed by atoms with van der Waals surface area (Å²) in [7, 11) is 0. The Balaban J connectivity index is 1.40. The maximum atomic E-state index is 12.1. The van der Waals surface area contributed by atoms with Crippen LogP contribution in [0.1, 0.15) is 36.0 Å². The first-order valence-corrected chi connectivity index (χ1v) is 8.75. The van der Waals surface area contributed by atoms with Crippen molar-refractivity contribution in [3.8, 4) is 11.5 Å². The zero-order valence-corrected chi connectivity index (χ0v) is 14.5. The number of benzene rings is 1. The van der Waals surface area contributed by atoms with E-state index in [4.69, 9.17) is 14.2 Å². The van der Waals surface area contributed by atoms with Crippen molar-refractivity contribution in [1.82, 2.24) is 10.2 Å². The Morgan fingerprint density at radius 3 is 2.54 bits per heavy atom. The highest BCUT2D eigenvalue weighted by atomic mass is 16.7. The molecule has 2 heterocycles. The Morgan fingerprint density at radius 1 is 1.04 bits per heavy atom. The number of likely N-dealkylation sites (tertiary alicyclic amines) is 1. The third-order valence-electron chi connectivity index (χ3n) is 4.34. The summed E-state index contributed by atoms with van der Waals surface area (Å²) in [5.74, 6) is -0.208. The Morgan fingerprint density at radius 2 is 1.77 bits per heavy atom. The second-order valence-corrected chi connectivity index (χ2v) is 6.21. The highest BCUT2D eigenvalue weighted by molar-refractivity contribution is 5.96. The Kier molecular flexibility index (Phi) is 5.93. The first kappa shape index (κ1) is 18.0. The van der Waals surface area contributed by atoms with Crippen molar-refractivity contribution in [2.24, 2.45) is 0 Å². The first-order chi connectivity index (χ1) is 12.6. The molecule has 2 amide bonds. The smallest absolute Gasteiger partial charge is 0.325 e. The van der Waals surface area contributed by atoms with E-state index in [-0.39, 0.29) is 25.9 Å². The van der Waals surface area contributed by atoms with Crippen LogP contribution in [0.5, 0.6) is 11.5 Å². The van der Waals surface area contributed by atoms with Gasteiger partial charge in [0.05, 0.1) is 0 Å². The number of hydrogen-bond acceptors (Lipinski definition) is 6. The van der Waals surface area contributed by atoms with Crippen molar-refractivity contribution in [2.45, 2.75) is 25.7 Å². The van der Waals surface area contributed by atoms with E-state index in [1.807, 2.05) is 0 Å². The molecular formula is C18H22N2O6. The lowest BCUT2D eigenvalue weighted by Crippen LogP contribution is -2.37. The minimum atomic E-state index is -0.651. The molecule has 1 aromatic carbocycles. The minimum Gasteiger partial charge on any atom is -0.454 e. The normalized spacial score (nSPS) is 15.9. The zero-order chi connectivity index (χ0) is 18.4. The summed E-state index contributed by atoms with van der Waals surface area (Å²) >= 11 is 0. The SMILES string of the molecule is O=C(CNC(=O)c1ccc2c(c1)OCO2)OCC(=O)N1CCCCCC1. The molecule has 0 atom stereocenters. The Bertz CT molecular complexity index is 682. The summed E-state index contributed by atoms with van der Waals surface area (Å²) < 4.78 is 15.4. The third kappa shape index (κ3) is 4.65. The maximum absolute atomic E-state index is 12.1. The molecule has 1 saturated heterocycles. The zero-order valence-electron chi connectivity index (χ0n) is 14.5. The fourth-order valence-electron chi connectivity index (χ4n) is 2.90. The molecule has 0 spiro atoms. The van der Waals surface area contributed by atoms with Crippen LogP contribution in [0.2, 0.25) is 0 Å². The molecule has 0 radical (unpaired) electrons. The molecular weight excluding hydrogens is 340 g/mol. The van der Waals surface area contributed by atoms with E-state index in [1.165, 1.54) is 0 Å². The second kappa shape index (κ2) is 8.55. The molecule has 8 nitrogen and oxygen atoms in total. The van der Waals surface area contributed by atoms with Gasteiger partial charge in [-0.05, 0) is 31.0 Å². The van der Waals surface area contributed by atoms with E-state index in [0.717, 1.165) is 25.7 Å². The summed E-state index contributed by atoms with van der Waals surface area (Å²) in [6, 6.07) is 4.76. The van der Waals surface area contributed by atoms with Gasteiger partial charge in [0.15, 0.2) is 18.1 Å². The molecule has 0 unspecified atom stereocenters.